The summed E-state index contributed by atoms with van der Waals surface area (Å²) in [4.78, 5) is 14.3. The number of halogens is 1. The van der Waals surface area contributed by atoms with Crippen molar-refractivity contribution in [2.45, 2.75) is 6.42 Å². The number of benzene rings is 2. The van der Waals surface area contributed by atoms with E-state index in [1.165, 1.54) is 6.07 Å². The van der Waals surface area contributed by atoms with Gasteiger partial charge in [0.05, 0.1) is 12.7 Å². The fraction of sp³-hybridized carbons (Fsp3) is 0.350. The summed E-state index contributed by atoms with van der Waals surface area (Å²) in [5.41, 5.74) is 1.77. The average Bonchev–Trinajstić information content (AvgIpc) is 3.10. The van der Waals surface area contributed by atoms with Gasteiger partial charge in [-0.1, -0.05) is 18.2 Å². The van der Waals surface area contributed by atoms with Gasteiger partial charge in [0.2, 0.25) is 0 Å². The van der Waals surface area contributed by atoms with Crippen LogP contribution in [0.3, 0.4) is 0 Å². The fourth-order valence-corrected chi connectivity index (χ4v) is 3.29. The van der Waals surface area contributed by atoms with Crippen LogP contribution >= 0.6 is 0 Å². The number of carbonyl (C=O) groups is 1. The Morgan fingerprint density at radius 3 is 2.60 bits per heavy atom. The molecular weight excluding hydrogens is 319 g/mol. The Balaban J connectivity index is 1.76. The molecule has 1 atom stereocenters. The molecule has 4 nitrogen and oxygen atoms in total. The first-order chi connectivity index (χ1) is 12.1. The number of likely N-dealkylation sites (tertiary alicyclic amines) is 1. The van der Waals surface area contributed by atoms with E-state index < -0.39 is 5.82 Å². The van der Waals surface area contributed by atoms with Crippen molar-refractivity contribution >= 4 is 5.91 Å². The predicted octanol–water partition coefficient (Wildman–Crippen LogP) is 3.18. The van der Waals surface area contributed by atoms with Crippen molar-refractivity contribution < 1.29 is 13.9 Å². The molecule has 132 valence electrons. The minimum atomic E-state index is -0.476. The van der Waals surface area contributed by atoms with Crippen LogP contribution in [-0.2, 0) is 0 Å². The zero-order valence-electron chi connectivity index (χ0n) is 14.6. The maximum atomic E-state index is 14.5. The lowest BCUT2D eigenvalue weighted by Crippen LogP contribution is -2.30. The molecule has 0 spiro atoms. The molecule has 2 aromatic rings. The van der Waals surface area contributed by atoms with Crippen LogP contribution in [0.2, 0.25) is 0 Å². The van der Waals surface area contributed by atoms with Crippen molar-refractivity contribution in [3.63, 3.8) is 0 Å². The minimum Gasteiger partial charge on any atom is -0.497 e. The van der Waals surface area contributed by atoms with Gasteiger partial charge < -0.3 is 15.0 Å². The molecule has 1 aliphatic heterocycles. The molecular formula is C20H23FN2O2. The number of hydrogen-bond donors (Lipinski definition) is 1. The molecule has 0 radical (unpaired) electrons. The number of amides is 1. The first kappa shape index (κ1) is 17.4. The average molecular weight is 342 g/mol. The number of hydrogen-bond acceptors (Lipinski definition) is 3. The van der Waals surface area contributed by atoms with Crippen molar-refractivity contribution in [1.29, 1.82) is 0 Å². The van der Waals surface area contributed by atoms with Crippen LogP contribution in [-0.4, -0.2) is 44.6 Å². The third-order valence-electron chi connectivity index (χ3n) is 4.69. The second-order valence-electron chi connectivity index (χ2n) is 6.39. The van der Waals surface area contributed by atoms with E-state index in [0.29, 0.717) is 19.0 Å². The molecule has 1 saturated heterocycles. The first-order valence-corrected chi connectivity index (χ1v) is 8.50. The highest BCUT2D eigenvalue weighted by Gasteiger charge is 2.27. The molecule has 1 aliphatic rings. The highest BCUT2D eigenvalue weighted by atomic mass is 19.1. The van der Waals surface area contributed by atoms with Crippen LogP contribution in [0.5, 0.6) is 5.75 Å². The van der Waals surface area contributed by atoms with Crippen molar-refractivity contribution in [2.75, 3.05) is 33.8 Å². The highest BCUT2D eigenvalue weighted by molar-refractivity contribution is 5.95. The van der Waals surface area contributed by atoms with Crippen molar-refractivity contribution in [3.8, 4) is 16.9 Å². The maximum Gasteiger partial charge on any atom is 0.256 e. The van der Waals surface area contributed by atoms with Crippen LogP contribution in [0.4, 0.5) is 4.39 Å². The molecule has 2 aromatic carbocycles. The summed E-state index contributed by atoms with van der Waals surface area (Å²) >= 11 is 0. The lowest BCUT2D eigenvalue weighted by atomic mass is 10.0. The summed E-state index contributed by atoms with van der Waals surface area (Å²) in [5, 5.41) is 3.13. The second kappa shape index (κ2) is 7.66. The molecule has 3 rings (SSSR count). The number of methoxy groups -OCH3 is 1. The van der Waals surface area contributed by atoms with Gasteiger partial charge in [0, 0.05) is 13.1 Å². The maximum absolute atomic E-state index is 14.5. The topological polar surface area (TPSA) is 41.6 Å². The highest BCUT2D eigenvalue weighted by Crippen LogP contribution is 2.26. The Labute approximate surface area is 147 Å². The normalized spacial score (nSPS) is 16.9. The quantitative estimate of drug-likeness (QED) is 0.907. The third-order valence-corrected chi connectivity index (χ3v) is 4.69. The molecule has 0 saturated carbocycles. The van der Waals surface area contributed by atoms with Gasteiger partial charge in [0.1, 0.15) is 11.6 Å². The van der Waals surface area contributed by atoms with E-state index in [1.807, 2.05) is 31.3 Å². The van der Waals surface area contributed by atoms with Gasteiger partial charge in [-0.05, 0) is 61.3 Å². The van der Waals surface area contributed by atoms with E-state index in [9.17, 15) is 9.18 Å². The van der Waals surface area contributed by atoms with Gasteiger partial charge in [-0.15, -0.1) is 0 Å². The van der Waals surface area contributed by atoms with Gasteiger partial charge in [0.15, 0.2) is 0 Å². The van der Waals surface area contributed by atoms with E-state index in [1.54, 1.807) is 24.1 Å². The molecule has 1 amide bonds. The Morgan fingerprint density at radius 2 is 1.96 bits per heavy atom. The van der Waals surface area contributed by atoms with Crippen LogP contribution in [0.25, 0.3) is 11.1 Å². The van der Waals surface area contributed by atoms with Crippen LogP contribution in [0.15, 0.2) is 42.5 Å². The molecule has 0 aromatic heterocycles. The van der Waals surface area contributed by atoms with Gasteiger partial charge in [-0.3, -0.25) is 4.79 Å². The van der Waals surface area contributed by atoms with Gasteiger partial charge in [-0.2, -0.15) is 0 Å². The van der Waals surface area contributed by atoms with E-state index in [2.05, 4.69) is 5.32 Å². The molecule has 1 fully saturated rings. The predicted molar refractivity (Wildman–Crippen MR) is 96.3 cm³/mol. The van der Waals surface area contributed by atoms with E-state index in [0.717, 1.165) is 29.8 Å². The summed E-state index contributed by atoms with van der Waals surface area (Å²) in [6, 6.07) is 12.2. The summed E-state index contributed by atoms with van der Waals surface area (Å²) in [6.07, 6.45) is 0.956. The largest absolute Gasteiger partial charge is 0.497 e. The second-order valence-corrected chi connectivity index (χ2v) is 6.39. The summed E-state index contributed by atoms with van der Waals surface area (Å²) in [6.45, 7) is 2.24. The number of rotatable bonds is 5. The van der Waals surface area contributed by atoms with E-state index in [4.69, 9.17) is 4.74 Å². The minimum absolute atomic E-state index is 0.141. The van der Waals surface area contributed by atoms with E-state index >= 15 is 0 Å². The Hall–Kier alpha value is -2.40. The van der Waals surface area contributed by atoms with Crippen molar-refractivity contribution in [1.82, 2.24) is 10.2 Å². The first-order valence-electron chi connectivity index (χ1n) is 8.50. The van der Waals surface area contributed by atoms with Crippen LogP contribution < -0.4 is 10.1 Å². The summed E-state index contributed by atoms with van der Waals surface area (Å²) in [5.74, 6) is 0.490. The zero-order chi connectivity index (χ0) is 17.8. The van der Waals surface area contributed by atoms with Gasteiger partial charge in [-0.25, -0.2) is 4.39 Å². The number of ether oxygens (including phenoxy) is 1. The molecule has 1 N–H and O–H groups in total. The fourth-order valence-electron chi connectivity index (χ4n) is 3.29. The third kappa shape index (κ3) is 3.82. The molecule has 0 bridgehead atoms. The molecule has 0 unspecified atom stereocenters. The number of nitrogens with zero attached hydrogens (tertiary/aromatic N) is 1. The van der Waals surface area contributed by atoms with E-state index in [-0.39, 0.29) is 11.5 Å². The lowest BCUT2D eigenvalue weighted by molar-refractivity contribution is 0.0782. The van der Waals surface area contributed by atoms with Gasteiger partial charge >= 0.3 is 0 Å². The monoisotopic (exact) mass is 342 g/mol. The lowest BCUT2D eigenvalue weighted by Gasteiger charge is -2.17. The van der Waals surface area contributed by atoms with Crippen molar-refractivity contribution in [2.24, 2.45) is 5.92 Å². The van der Waals surface area contributed by atoms with Gasteiger partial charge in [0.25, 0.3) is 5.91 Å². The number of nitrogens with one attached hydrogen (secondary N) is 1. The Kier molecular flexibility index (Phi) is 5.34. The summed E-state index contributed by atoms with van der Waals surface area (Å²) < 4.78 is 19.7. The molecule has 1 heterocycles. The van der Waals surface area contributed by atoms with Crippen molar-refractivity contribution in [3.05, 3.63) is 53.8 Å². The Bertz CT molecular complexity index is 746. The van der Waals surface area contributed by atoms with Crippen LogP contribution in [0.1, 0.15) is 16.8 Å². The molecule has 0 aliphatic carbocycles. The molecule has 25 heavy (non-hydrogen) atoms. The molecule has 5 heteroatoms. The Morgan fingerprint density at radius 1 is 1.24 bits per heavy atom. The van der Waals surface area contributed by atoms with Crippen LogP contribution in [0, 0.1) is 11.7 Å². The smallest absolute Gasteiger partial charge is 0.256 e. The zero-order valence-corrected chi connectivity index (χ0v) is 14.6. The number of carbonyl (C=O) groups excluding carboxylic acids is 1. The SMILES string of the molecule is CNC[C@H]1CCN(C(=O)c2ccc(-c3ccc(OC)cc3)cc2F)C1. The standard InChI is InChI=1S/C20H23FN2O2/c1-22-12-14-9-10-23(13-14)20(24)18-8-5-16(11-19(18)21)15-3-6-17(25-2)7-4-15/h3-8,11,14,22H,9-10,12-13H2,1-2H3/t14-/m1/s1. The summed E-state index contributed by atoms with van der Waals surface area (Å²) in [7, 11) is 3.51.